The predicted molar refractivity (Wildman–Crippen MR) is 129 cm³/mol. The van der Waals surface area contributed by atoms with Crippen LogP contribution in [0.1, 0.15) is 108 Å². The molecule has 6 nitrogen and oxygen atoms in total. The van der Waals surface area contributed by atoms with Crippen molar-refractivity contribution in [2.24, 2.45) is 17.8 Å². The molecule has 0 aliphatic carbocycles. The lowest BCUT2D eigenvalue weighted by Crippen LogP contribution is -2.24. The zero-order valence-corrected chi connectivity index (χ0v) is 20.8. The van der Waals surface area contributed by atoms with Crippen LogP contribution in [0.15, 0.2) is 0 Å². The lowest BCUT2D eigenvalue weighted by Gasteiger charge is -2.10. The maximum atomic E-state index is 11.1. The minimum absolute atomic E-state index is 0. The maximum absolute atomic E-state index is 11.1. The first-order valence-electron chi connectivity index (χ1n) is 11.4. The summed E-state index contributed by atoms with van der Waals surface area (Å²) in [6.45, 7) is 16.6. The Labute approximate surface area is 191 Å². The van der Waals surface area contributed by atoms with Gasteiger partial charge in [-0.15, -0.1) is 0 Å². The average Bonchev–Trinajstić information content (AvgIpc) is 2.70. The highest BCUT2D eigenvalue weighted by Crippen LogP contribution is 2.07. The van der Waals surface area contributed by atoms with Crippen molar-refractivity contribution in [3.8, 4) is 0 Å². The van der Waals surface area contributed by atoms with Gasteiger partial charge in [-0.1, -0.05) is 89.0 Å². The minimum atomic E-state index is -0.745. The Hall–Kier alpha value is -1.11. The van der Waals surface area contributed by atoms with Gasteiger partial charge in [0.2, 0.25) is 0 Å². The Kier molecular flexibility index (Phi) is 26.5. The first-order valence-corrected chi connectivity index (χ1v) is 11.4. The molecule has 0 aliphatic rings. The van der Waals surface area contributed by atoms with Gasteiger partial charge in [-0.3, -0.25) is 14.4 Å². The van der Waals surface area contributed by atoms with E-state index < -0.39 is 18.3 Å². The molecular formula is C25H52O6. The van der Waals surface area contributed by atoms with Crippen LogP contribution < -0.4 is 0 Å². The monoisotopic (exact) mass is 448 g/mol. The molecule has 188 valence electrons. The number of carbonyl (C=O) groups excluding carboxylic acids is 3. The summed E-state index contributed by atoms with van der Waals surface area (Å²) >= 11 is 0. The van der Waals surface area contributed by atoms with Gasteiger partial charge in [0.1, 0.15) is 18.3 Å². The Morgan fingerprint density at radius 3 is 1.13 bits per heavy atom. The van der Waals surface area contributed by atoms with Crippen molar-refractivity contribution >= 4 is 17.3 Å². The second-order valence-electron chi connectivity index (χ2n) is 8.56. The molecule has 0 saturated carbocycles. The molecule has 0 heterocycles. The number of hydrogen-bond donors (Lipinski definition) is 3. The average molecular weight is 449 g/mol. The summed E-state index contributed by atoms with van der Waals surface area (Å²) < 4.78 is 0. The van der Waals surface area contributed by atoms with E-state index in [-0.39, 0.29) is 42.5 Å². The van der Waals surface area contributed by atoms with Gasteiger partial charge in [0.05, 0.1) is 0 Å². The van der Waals surface area contributed by atoms with Gasteiger partial charge in [0, 0.05) is 17.8 Å². The Balaban J connectivity index is -0.000000174. The fourth-order valence-corrected chi connectivity index (χ4v) is 2.31. The number of ketones is 3. The summed E-state index contributed by atoms with van der Waals surface area (Å²) in [7, 11) is 0. The van der Waals surface area contributed by atoms with Gasteiger partial charge < -0.3 is 15.3 Å². The lowest BCUT2D eigenvalue weighted by atomic mass is 10.0. The van der Waals surface area contributed by atoms with Crippen LogP contribution in [0.2, 0.25) is 0 Å². The Bertz CT molecular complexity index is 457. The molecule has 0 radical (unpaired) electrons. The van der Waals surface area contributed by atoms with E-state index in [1.807, 2.05) is 27.7 Å². The molecule has 0 saturated heterocycles. The van der Waals surface area contributed by atoms with E-state index in [9.17, 15) is 19.5 Å². The van der Waals surface area contributed by atoms with E-state index in [1.54, 1.807) is 34.6 Å². The van der Waals surface area contributed by atoms with E-state index in [1.165, 1.54) is 0 Å². The third-order valence-electron chi connectivity index (χ3n) is 4.47. The molecule has 0 spiro atoms. The van der Waals surface area contributed by atoms with E-state index in [0.29, 0.717) is 19.3 Å². The predicted octanol–water partition coefficient (Wildman–Crippen LogP) is 4.75. The normalized spacial score (nSPS) is 13.3. The number of aliphatic hydroxyl groups is 3. The number of Topliss-reactive ketones (excluding diaryl/α,β-unsaturated/α-hetero) is 3. The summed E-state index contributed by atoms with van der Waals surface area (Å²) in [6, 6.07) is 0. The highest BCUT2D eigenvalue weighted by molar-refractivity contribution is 5.85. The largest absolute Gasteiger partial charge is 0.385 e. The van der Waals surface area contributed by atoms with Crippen LogP contribution in [0.4, 0.5) is 0 Å². The third kappa shape index (κ3) is 20.5. The fraction of sp³-hybridized carbons (Fsp3) is 0.880. The van der Waals surface area contributed by atoms with Gasteiger partial charge in [0.15, 0.2) is 17.3 Å². The lowest BCUT2D eigenvalue weighted by molar-refractivity contribution is -0.131. The zero-order chi connectivity index (χ0) is 24.4. The molecule has 0 aliphatic heterocycles. The van der Waals surface area contributed by atoms with Crippen LogP contribution in [0.5, 0.6) is 0 Å². The number of unbranched alkanes of at least 4 members (excludes halogenated alkanes) is 1. The van der Waals surface area contributed by atoms with Crippen molar-refractivity contribution in [1.82, 2.24) is 0 Å². The molecule has 3 atom stereocenters. The van der Waals surface area contributed by atoms with Crippen molar-refractivity contribution in [2.75, 3.05) is 0 Å². The van der Waals surface area contributed by atoms with Gasteiger partial charge in [-0.2, -0.15) is 0 Å². The van der Waals surface area contributed by atoms with Crippen LogP contribution in [0.25, 0.3) is 0 Å². The number of aliphatic hydroxyl groups excluding tert-OH is 3. The smallest absolute Gasteiger partial charge is 0.163 e. The molecule has 0 fully saturated rings. The molecule has 0 rings (SSSR count). The first-order chi connectivity index (χ1) is 13.8. The van der Waals surface area contributed by atoms with Gasteiger partial charge in [0.25, 0.3) is 0 Å². The van der Waals surface area contributed by atoms with E-state index in [0.717, 1.165) is 19.3 Å². The second-order valence-corrected chi connectivity index (χ2v) is 8.56. The minimum Gasteiger partial charge on any atom is -0.385 e. The van der Waals surface area contributed by atoms with Gasteiger partial charge >= 0.3 is 0 Å². The van der Waals surface area contributed by atoms with Crippen LogP contribution in [0, 0.1) is 17.8 Å². The summed E-state index contributed by atoms with van der Waals surface area (Å²) in [5.41, 5.74) is 0. The molecular weight excluding hydrogens is 396 g/mol. The summed E-state index contributed by atoms with van der Waals surface area (Å²) in [5.74, 6) is -0.249. The molecule has 3 unspecified atom stereocenters. The van der Waals surface area contributed by atoms with Crippen molar-refractivity contribution in [1.29, 1.82) is 0 Å². The Morgan fingerprint density at radius 1 is 0.581 bits per heavy atom. The molecule has 31 heavy (non-hydrogen) atoms. The first kappa shape index (κ1) is 37.2. The van der Waals surface area contributed by atoms with Crippen molar-refractivity contribution in [2.45, 2.75) is 127 Å². The number of hydrogen-bond acceptors (Lipinski definition) is 6. The number of carbonyl (C=O) groups is 3. The quantitative estimate of drug-likeness (QED) is 0.397. The van der Waals surface area contributed by atoms with E-state index in [4.69, 9.17) is 10.2 Å². The summed E-state index contributed by atoms with van der Waals surface area (Å²) in [4.78, 5) is 32.9. The molecule has 3 N–H and O–H groups in total. The summed E-state index contributed by atoms with van der Waals surface area (Å²) in [5, 5.41) is 27.4. The second kappa shape index (κ2) is 22.1. The fourth-order valence-electron chi connectivity index (χ4n) is 2.31. The van der Waals surface area contributed by atoms with Crippen molar-refractivity contribution < 1.29 is 29.7 Å². The van der Waals surface area contributed by atoms with Gasteiger partial charge in [-0.05, 0) is 19.3 Å². The Morgan fingerprint density at radius 2 is 0.903 bits per heavy atom. The highest BCUT2D eigenvalue weighted by Gasteiger charge is 2.17. The molecule has 0 aromatic heterocycles. The number of rotatable bonds is 12. The molecule has 6 heteroatoms. The van der Waals surface area contributed by atoms with E-state index >= 15 is 0 Å². The molecule has 0 bridgehead atoms. The molecule has 0 amide bonds. The third-order valence-corrected chi connectivity index (χ3v) is 4.47. The maximum Gasteiger partial charge on any atom is 0.163 e. The van der Waals surface area contributed by atoms with Gasteiger partial charge in [-0.25, -0.2) is 0 Å². The van der Waals surface area contributed by atoms with Crippen molar-refractivity contribution in [3.63, 3.8) is 0 Å². The highest BCUT2D eigenvalue weighted by atomic mass is 16.3. The molecule has 0 aromatic carbocycles. The van der Waals surface area contributed by atoms with Crippen LogP contribution in [0.3, 0.4) is 0 Å². The van der Waals surface area contributed by atoms with Crippen LogP contribution in [-0.2, 0) is 14.4 Å². The standard InChI is InChI=1S/C9H18O2.C8H16O2.C7H14O2.CH4/c1-4-5-6-8(10)9(11)7(2)3;1-4-5-7(9)8(10)6(2)3;1-4-6(8)7(9)5(2)3;/h7-8,10H,4-6H2,1-3H3;6-7,9H,4-5H2,1-3H3;5-6,8H,4H2,1-3H3;1H4. The summed E-state index contributed by atoms with van der Waals surface area (Å²) in [6.07, 6.45) is 2.36. The van der Waals surface area contributed by atoms with Crippen molar-refractivity contribution in [3.05, 3.63) is 0 Å². The zero-order valence-electron chi connectivity index (χ0n) is 20.8. The SMILES string of the molecule is C.CCC(O)C(=O)C(C)C.CCCC(O)C(=O)C(C)C.CCCCC(O)C(=O)C(C)C. The topological polar surface area (TPSA) is 112 Å². The van der Waals surface area contributed by atoms with E-state index in [2.05, 4.69) is 0 Å². The van der Waals surface area contributed by atoms with Crippen LogP contribution >= 0.6 is 0 Å². The molecule has 0 aromatic rings. The van der Waals surface area contributed by atoms with Crippen LogP contribution in [-0.4, -0.2) is 51.0 Å².